The normalized spacial score (nSPS) is 12.0. The van der Waals surface area contributed by atoms with Gasteiger partial charge < -0.3 is 14.8 Å². The first kappa shape index (κ1) is 19.3. The molecule has 1 rings (SSSR count). The first-order valence-corrected chi connectivity index (χ1v) is 7.68. The topological polar surface area (TPSA) is 67.9 Å². The molecule has 1 unspecified atom stereocenters. The third-order valence-corrected chi connectivity index (χ3v) is 3.87. The Hall–Kier alpha value is -1.79. The molecular formula is C16H23ClN2O4. The van der Waals surface area contributed by atoms with Gasteiger partial charge in [0.25, 0.3) is 0 Å². The average Bonchev–Trinajstić information content (AvgIpc) is 2.49. The zero-order valence-corrected chi connectivity index (χ0v) is 14.9. The Morgan fingerprint density at radius 3 is 2.61 bits per heavy atom. The van der Waals surface area contributed by atoms with E-state index in [4.69, 9.17) is 21.1 Å². The molecule has 0 saturated carbocycles. The van der Waals surface area contributed by atoms with E-state index in [-0.39, 0.29) is 18.4 Å². The molecule has 23 heavy (non-hydrogen) atoms. The molecule has 0 aliphatic carbocycles. The minimum atomic E-state index is -0.514. The van der Waals surface area contributed by atoms with Gasteiger partial charge >= 0.3 is 5.97 Å². The number of carbonyl (C=O) groups is 2. The zero-order chi connectivity index (χ0) is 17.6. The van der Waals surface area contributed by atoms with Crippen LogP contribution in [0.25, 0.3) is 0 Å². The number of halogens is 1. The molecule has 7 heteroatoms. The molecule has 0 aliphatic rings. The number of anilines is 1. The molecule has 0 aliphatic heterocycles. The van der Waals surface area contributed by atoms with Crippen LogP contribution in [-0.2, 0) is 14.3 Å². The van der Waals surface area contributed by atoms with E-state index in [0.29, 0.717) is 23.1 Å². The number of likely N-dealkylation sites (N-methyl/N-ethyl adjacent to an activating group) is 1. The number of hydrogen-bond donors (Lipinski definition) is 1. The van der Waals surface area contributed by atoms with Crippen molar-refractivity contribution < 1.29 is 19.1 Å². The van der Waals surface area contributed by atoms with Gasteiger partial charge in [-0.15, -0.1) is 0 Å². The van der Waals surface area contributed by atoms with E-state index < -0.39 is 6.04 Å². The summed E-state index contributed by atoms with van der Waals surface area (Å²) in [5.41, 5.74) is 1.37. The lowest BCUT2D eigenvalue weighted by atomic mass is 10.2. The molecule has 1 N–H and O–H groups in total. The molecule has 128 valence electrons. The lowest BCUT2D eigenvalue weighted by Gasteiger charge is -2.23. The van der Waals surface area contributed by atoms with Crippen molar-refractivity contribution in [3.8, 4) is 5.75 Å². The Labute approximate surface area is 141 Å². The van der Waals surface area contributed by atoms with Crippen LogP contribution in [0, 0.1) is 6.92 Å². The predicted octanol–water partition coefficient (Wildman–Crippen LogP) is 2.48. The average molecular weight is 343 g/mol. The van der Waals surface area contributed by atoms with Crippen molar-refractivity contribution in [3.63, 3.8) is 0 Å². The summed E-state index contributed by atoms with van der Waals surface area (Å²) in [5, 5.41) is 3.36. The first-order chi connectivity index (χ1) is 10.8. The van der Waals surface area contributed by atoms with Crippen LogP contribution >= 0.6 is 11.6 Å². The SMILES string of the molecule is CCOC(=O)CN(C)C(C)C(=O)Nc1cc(C)c(Cl)cc1OC. The summed E-state index contributed by atoms with van der Waals surface area (Å²) in [6, 6.07) is 2.89. The molecule has 1 aromatic rings. The highest BCUT2D eigenvalue weighted by atomic mass is 35.5. The predicted molar refractivity (Wildman–Crippen MR) is 90.1 cm³/mol. The smallest absolute Gasteiger partial charge is 0.320 e. The minimum Gasteiger partial charge on any atom is -0.495 e. The second-order valence-corrected chi connectivity index (χ2v) is 5.59. The highest BCUT2D eigenvalue weighted by Gasteiger charge is 2.22. The Kier molecular flexibility index (Phi) is 7.32. The Bertz CT molecular complexity index is 577. The van der Waals surface area contributed by atoms with Crippen LogP contribution in [0.4, 0.5) is 5.69 Å². The largest absolute Gasteiger partial charge is 0.495 e. The number of nitrogens with one attached hydrogen (secondary N) is 1. The van der Waals surface area contributed by atoms with Crippen molar-refractivity contribution in [1.29, 1.82) is 0 Å². The second kappa shape index (κ2) is 8.74. The van der Waals surface area contributed by atoms with Crippen LogP contribution in [0.1, 0.15) is 19.4 Å². The minimum absolute atomic E-state index is 0.0409. The van der Waals surface area contributed by atoms with Gasteiger partial charge in [-0.2, -0.15) is 0 Å². The van der Waals surface area contributed by atoms with Crippen LogP contribution in [0.3, 0.4) is 0 Å². The van der Waals surface area contributed by atoms with Gasteiger partial charge in [0.1, 0.15) is 5.75 Å². The standard InChI is InChI=1S/C16H23ClN2O4/c1-6-23-15(20)9-19(4)11(3)16(21)18-13-7-10(2)12(17)8-14(13)22-5/h7-8,11H,6,9H2,1-5H3,(H,18,21). The molecule has 0 aromatic heterocycles. The molecule has 1 amide bonds. The number of ether oxygens (including phenoxy) is 2. The summed E-state index contributed by atoms with van der Waals surface area (Å²) in [7, 11) is 3.19. The molecular weight excluding hydrogens is 320 g/mol. The summed E-state index contributed by atoms with van der Waals surface area (Å²) in [5.74, 6) is -0.138. The summed E-state index contributed by atoms with van der Waals surface area (Å²) in [6.07, 6.45) is 0. The van der Waals surface area contributed by atoms with Crippen molar-refractivity contribution >= 4 is 29.2 Å². The maximum atomic E-state index is 12.4. The summed E-state index contributed by atoms with van der Waals surface area (Å²) in [4.78, 5) is 25.5. The third kappa shape index (κ3) is 5.41. The zero-order valence-electron chi connectivity index (χ0n) is 14.1. The fourth-order valence-electron chi connectivity index (χ4n) is 1.91. The van der Waals surface area contributed by atoms with Crippen LogP contribution in [-0.4, -0.2) is 50.1 Å². The molecule has 1 atom stereocenters. The van der Waals surface area contributed by atoms with Gasteiger partial charge in [0.15, 0.2) is 0 Å². The molecule has 0 saturated heterocycles. The quantitative estimate of drug-likeness (QED) is 0.771. The van der Waals surface area contributed by atoms with Crippen molar-refractivity contribution in [3.05, 3.63) is 22.7 Å². The number of carbonyl (C=O) groups excluding carboxylic acids is 2. The summed E-state index contributed by atoms with van der Waals surface area (Å²) < 4.78 is 10.1. The highest BCUT2D eigenvalue weighted by molar-refractivity contribution is 6.31. The van der Waals surface area contributed by atoms with Crippen LogP contribution < -0.4 is 10.1 Å². The lowest BCUT2D eigenvalue weighted by molar-refractivity contribution is -0.144. The fourth-order valence-corrected chi connectivity index (χ4v) is 2.07. The molecule has 0 bridgehead atoms. The van der Waals surface area contributed by atoms with Gasteiger partial charge in [-0.1, -0.05) is 11.6 Å². The van der Waals surface area contributed by atoms with Crippen molar-refractivity contribution in [1.82, 2.24) is 4.90 Å². The molecule has 6 nitrogen and oxygen atoms in total. The molecule has 0 heterocycles. The van der Waals surface area contributed by atoms with Gasteiger partial charge in [-0.05, 0) is 39.4 Å². The van der Waals surface area contributed by atoms with Crippen LogP contribution in [0.15, 0.2) is 12.1 Å². The van der Waals surface area contributed by atoms with E-state index in [0.717, 1.165) is 5.56 Å². The summed E-state index contributed by atoms with van der Waals surface area (Å²) >= 11 is 6.05. The number of amides is 1. The van der Waals surface area contributed by atoms with Gasteiger partial charge in [-0.3, -0.25) is 14.5 Å². The van der Waals surface area contributed by atoms with Gasteiger partial charge in [-0.25, -0.2) is 0 Å². The number of methoxy groups -OCH3 is 1. The fraction of sp³-hybridized carbons (Fsp3) is 0.500. The maximum absolute atomic E-state index is 12.4. The molecule has 0 fully saturated rings. The van der Waals surface area contributed by atoms with Crippen LogP contribution in [0.5, 0.6) is 5.75 Å². The van der Waals surface area contributed by atoms with E-state index >= 15 is 0 Å². The van der Waals surface area contributed by atoms with Crippen molar-refractivity contribution in [2.24, 2.45) is 0 Å². The van der Waals surface area contributed by atoms with Gasteiger partial charge in [0.05, 0.1) is 32.0 Å². The third-order valence-electron chi connectivity index (χ3n) is 3.46. The number of aryl methyl sites for hydroxylation is 1. The molecule has 1 aromatic carbocycles. The van der Waals surface area contributed by atoms with E-state index in [1.54, 1.807) is 37.9 Å². The van der Waals surface area contributed by atoms with Crippen molar-refractivity contribution in [2.75, 3.05) is 32.6 Å². The Morgan fingerprint density at radius 2 is 2.04 bits per heavy atom. The van der Waals surface area contributed by atoms with E-state index in [2.05, 4.69) is 5.32 Å². The first-order valence-electron chi connectivity index (χ1n) is 7.31. The van der Waals surface area contributed by atoms with Crippen molar-refractivity contribution in [2.45, 2.75) is 26.8 Å². The maximum Gasteiger partial charge on any atom is 0.320 e. The van der Waals surface area contributed by atoms with E-state index in [9.17, 15) is 9.59 Å². The second-order valence-electron chi connectivity index (χ2n) is 5.19. The number of benzene rings is 1. The van der Waals surface area contributed by atoms with Gasteiger partial charge in [0, 0.05) is 11.1 Å². The Balaban J connectivity index is 2.79. The van der Waals surface area contributed by atoms with E-state index in [1.165, 1.54) is 7.11 Å². The number of nitrogens with zero attached hydrogens (tertiary/aromatic N) is 1. The number of rotatable bonds is 7. The summed E-state index contributed by atoms with van der Waals surface area (Å²) in [6.45, 7) is 5.65. The monoisotopic (exact) mass is 342 g/mol. The highest BCUT2D eigenvalue weighted by Crippen LogP contribution is 2.31. The number of esters is 1. The molecule has 0 radical (unpaired) electrons. The van der Waals surface area contributed by atoms with Crippen LogP contribution in [0.2, 0.25) is 5.02 Å². The van der Waals surface area contributed by atoms with E-state index in [1.807, 2.05) is 6.92 Å². The molecule has 0 spiro atoms. The number of hydrogen-bond acceptors (Lipinski definition) is 5. The Morgan fingerprint density at radius 1 is 1.39 bits per heavy atom. The lowest BCUT2D eigenvalue weighted by Crippen LogP contribution is -2.42. The van der Waals surface area contributed by atoms with Gasteiger partial charge in [0.2, 0.25) is 5.91 Å².